The normalized spacial score (nSPS) is 12.2. The molecule has 0 saturated heterocycles. The Morgan fingerprint density at radius 2 is 1.86 bits per heavy atom. The van der Waals surface area contributed by atoms with Crippen LogP contribution in [0.25, 0.3) is 0 Å². The molecular formula is C17H20BrFN2. The maximum Gasteiger partial charge on any atom is 0.128 e. The summed E-state index contributed by atoms with van der Waals surface area (Å²) in [6, 6.07) is 13.0. The van der Waals surface area contributed by atoms with Crippen molar-refractivity contribution in [1.29, 1.82) is 0 Å². The lowest BCUT2D eigenvalue weighted by atomic mass is 10.0. The van der Waals surface area contributed by atoms with E-state index >= 15 is 0 Å². The van der Waals surface area contributed by atoms with Crippen LogP contribution in [0.4, 0.5) is 10.1 Å². The van der Waals surface area contributed by atoms with Crippen LogP contribution in [0.5, 0.6) is 0 Å². The summed E-state index contributed by atoms with van der Waals surface area (Å²) in [4.78, 5) is 2.13. The molecule has 0 aliphatic rings. The van der Waals surface area contributed by atoms with E-state index in [0.29, 0.717) is 12.1 Å². The fourth-order valence-corrected chi connectivity index (χ4v) is 2.89. The van der Waals surface area contributed by atoms with Gasteiger partial charge in [-0.1, -0.05) is 33.6 Å². The van der Waals surface area contributed by atoms with Crippen LogP contribution in [-0.2, 0) is 0 Å². The predicted molar refractivity (Wildman–Crippen MR) is 90.1 cm³/mol. The van der Waals surface area contributed by atoms with Gasteiger partial charge in [-0.3, -0.25) is 0 Å². The van der Waals surface area contributed by atoms with Crippen molar-refractivity contribution in [2.75, 3.05) is 18.0 Å². The van der Waals surface area contributed by atoms with Crippen molar-refractivity contribution in [2.45, 2.75) is 19.9 Å². The molecule has 2 aromatic carbocycles. The Morgan fingerprint density at radius 3 is 2.43 bits per heavy atom. The molecule has 0 spiro atoms. The molecule has 0 radical (unpaired) electrons. The Labute approximate surface area is 133 Å². The summed E-state index contributed by atoms with van der Waals surface area (Å²) in [5, 5.41) is 0. The van der Waals surface area contributed by atoms with Crippen molar-refractivity contribution in [2.24, 2.45) is 5.73 Å². The van der Waals surface area contributed by atoms with E-state index in [2.05, 4.69) is 58.9 Å². The van der Waals surface area contributed by atoms with Crippen LogP contribution >= 0.6 is 15.9 Å². The smallest absolute Gasteiger partial charge is 0.128 e. The first kappa shape index (κ1) is 16.0. The van der Waals surface area contributed by atoms with Gasteiger partial charge in [-0.15, -0.1) is 0 Å². The molecule has 0 aliphatic heterocycles. The van der Waals surface area contributed by atoms with Gasteiger partial charge in [0.25, 0.3) is 0 Å². The van der Waals surface area contributed by atoms with Gasteiger partial charge in [0, 0.05) is 28.8 Å². The third-order valence-electron chi connectivity index (χ3n) is 3.62. The number of hydrogen-bond donors (Lipinski definition) is 1. The molecule has 0 amide bonds. The van der Waals surface area contributed by atoms with Gasteiger partial charge < -0.3 is 10.6 Å². The summed E-state index contributed by atoms with van der Waals surface area (Å²) >= 11 is 3.40. The molecule has 2 aromatic rings. The molecule has 21 heavy (non-hydrogen) atoms. The SMILES string of the molecule is CCN(c1ccc(C)cc1)C(CN)c1cc(Br)ccc1F. The van der Waals surface area contributed by atoms with Gasteiger partial charge in [0.05, 0.1) is 6.04 Å². The molecule has 0 fully saturated rings. The highest BCUT2D eigenvalue weighted by Crippen LogP contribution is 2.30. The molecule has 2 rings (SSSR count). The minimum Gasteiger partial charge on any atom is -0.363 e. The highest BCUT2D eigenvalue weighted by atomic mass is 79.9. The standard InChI is InChI=1S/C17H20BrFN2/c1-3-21(14-7-4-12(2)5-8-14)17(11-20)15-10-13(18)6-9-16(15)19/h4-10,17H,3,11,20H2,1-2H3. The first-order valence-electron chi connectivity index (χ1n) is 7.05. The fraction of sp³-hybridized carbons (Fsp3) is 0.294. The summed E-state index contributed by atoms with van der Waals surface area (Å²) in [6.07, 6.45) is 0. The highest BCUT2D eigenvalue weighted by Gasteiger charge is 2.21. The van der Waals surface area contributed by atoms with Gasteiger partial charge in [0.15, 0.2) is 0 Å². The number of hydrogen-bond acceptors (Lipinski definition) is 2. The lowest BCUT2D eigenvalue weighted by molar-refractivity contribution is 0.562. The average Bonchev–Trinajstić information content (AvgIpc) is 2.49. The van der Waals surface area contributed by atoms with Crippen molar-refractivity contribution in [3.8, 4) is 0 Å². The molecular weight excluding hydrogens is 331 g/mol. The molecule has 2 N–H and O–H groups in total. The number of aryl methyl sites for hydroxylation is 1. The van der Waals surface area contributed by atoms with Crippen LogP contribution in [0, 0.1) is 12.7 Å². The van der Waals surface area contributed by atoms with E-state index in [1.54, 1.807) is 6.07 Å². The molecule has 0 saturated carbocycles. The zero-order valence-electron chi connectivity index (χ0n) is 12.3. The lowest BCUT2D eigenvalue weighted by Crippen LogP contribution is -2.34. The third kappa shape index (κ3) is 3.63. The molecule has 112 valence electrons. The van der Waals surface area contributed by atoms with Gasteiger partial charge in [0.2, 0.25) is 0 Å². The molecule has 0 bridgehead atoms. The molecule has 1 unspecified atom stereocenters. The van der Waals surface area contributed by atoms with E-state index in [0.717, 1.165) is 16.7 Å². The molecule has 4 heteroatoms. The van der Waals surface area contributed by atoms with Gasteiger partial charge in [-0.2, -0.15) is 0 Å². The number of anilines is 1. The van der Waals surface area contributed by atoms with E-state index in [4.69, 9.17) is 5.73 Å². The molecule has 1 atom stereocenters. The quantitative estimate of drug-likeness (QED) is 0.864. The number of benzene rings is 2. The van der Waals surface area contributed by atoms with Crippen LogP contribution < -0.4 is 10.6 Å². The summed E-state index contributed by atoms with van der Waals surface area (Å²) < 4.78 is 15.0. The highest BCUT2D eigenvalue weighted by molar-refractivity contribution is 9.10. The number of nitrogens with two attached hydrogens (primary N) is 1. The zero-order chi connectivity index (χ0) is 15.4. The van der Waals surface area contributed by atoms with Gasteiger partial charge in [0.1, 0.15) is 5.82 Å². The van der Waals surface area contributed by atoms with Crippen molar-refractivity contribution >= 4 is 21.6 Å². The van der Waals surface area contributed by atoms with Crippen molar-refractivity contribution in [1.82, 2.24) is 0 Å². The first-order valence-corrected chi connectivity index (χ1v) is 7.84. The predicted octanol–water partition coefficient (Wildman–Crippen LogP) is 4.42. The number of rotatable bonds is 5. The first-order chi connectivity index (χ1) is 10.1. The minimum absolute atomic E-state index is 0.185. The zero-order valence-corrected chi connectivity index (χ0v) is 13.9. The minimum atomic E-state index is -0.223. The van der Waals surface area contributed by atoms with E-state index in [-0.39, 0.29) is 11.9 Å². The van der Waals surface area contributed by atoms with Crippen molar-refractivity contribution in [3.63, 3.8) is 0 Å². The average molecular weight is 351 g/mol. The van der Waals surface area contributed by atoms with Crippen LogP contribution in [-0.4, -0.2) is 13.1 Å². The number of nitrogens with zero attached hydrogens (tertiary/aromatic N) is 1. The number of halogens is 2. The fourth-order valence-electron chi connectivity index (χ4n) is 2.51. The van der Waals surface area contributed by atoms with Crippen molar-refractivity contribution in [3.05, 3.63) is 63.9 Å². The Morgan fingerprint density at radius 1 is 1.19 bits per heavy atom. The van der Waals surface area contributed by atoms with E-state index in [9.17, 15) is 4.39 Å². The monoisotopic (exact) mass is 350 g/mol. The lowest BCUT2D eigenvalue weighted by Gasteiger charge is -2.32. The summed E-state index contributed by atoms with van der Waals surface area (Å²) in [5.41, 5.74) is 8.82. The van der Waals surface area contributed by atoms with Gasteiger partial charge in [-0.05, 0) is 44.2 Å². The Bertz CT molecular complexity index is 598. The van der Waals surface area contributed by atoms with Crippen LogP contribution in [0.2, 0.25) is 0 Å². The van der Waals surface area contributed by atoms with E-state index in [1.807, 2.05) is 6.07 Å². The van der Waals surface area contributed by atoms with E-state index < -0.39 is 0 Å². The molecule has 2 nitrogen and oxygen atoms in total. The summed E-state index contributed by atoms with van der Waals surface area (Å²) in [6.45, 7) is 5.22. The van der Waals surface area contributed by atoms with E-state index in [1.165, 1.54) is 11.6 Å². The molecule has 0 aromatic heterocycles. The van der Waals surface area contributed by atoms with Crippen LogP contribution in [0.3, 0.4) is 0 Å². The molecule has 0 aliphatic carbocycles. The third-order valence-corrected chi connectivity index (χ3v) is 4.12. The second-order valence-electron chi connectivity index (χ2n) is 5.04. The Balaban J connectivity index is 2.42. The Hall–Kier alpha value is -1.39. The van der Waals surface area contributed by atoms with Gasteiger partial charge >= 0.3 is 0 Å². The summed E-state index contributed by atoms with van der Waals surface area (Å²) in [7, 11) is 0. The Kier molecular flexibility index (Phi) is 5.37. The second kappa shape index (κ2) is 7.05. The van der Waals surface area contributed by atoms with Gasteiger partial charge in [-0.25, -0.2) is 4.39 Å². The largest absolute Gasteiger partial charge is 0.363 e. The second-order valence-corrected chi connectivity index (χ2v) is 5.95. The maximum absolute atomic E-state index is 14.2. The number of likely N-dealkylation sites (N-methyl/N-ethyl adjacent to an activating group) is 1. The van der Waals surface area contributed by atoms with Crippen molar-refractivity contribution < 1.29 is 4.39 Å². The van der Waals surface area contributed by atoms with Crippen LogP contribution in [0.1, 0.15) is 24.1 Å². The maximum atomic E-state index is 14.2. The van der Waals surface area contributed by atoms with Crippen LogP contribution in [0.15, 0.2) is 46.9 Å². The summed E-state index contributed by atoms with van der Waals surface area (Å²) in [5.74, 6) is -0.223. The molecule has 0 heterocycles. The topological polar surface area (TPSA) is 29.3 Å².